The Hall–Kier alpha value is 1.52. The van der Waals surface area contributed by atoms with Crippen LogP contribution in [0.15, 0.2) is 40.0 Å². The van der Waals surface area contributed by atoms with E-state index in [9.17, 15) is 0 Å². The summed E-state index contributed by atoms with van der Waals surface area (Å²) >= 11 is -1.76. The minimum atomic E-state index is -1.76. The predicted molar refractivity (Wildman–Crippen MR) is 139 cm³/mol. The van der Waals surface area contributed by atoms with Gasteiger partial charge < -0.3 is 0 Å². The molecule has 0 heterocycles. The zero-order chi connectivity index (χ0) is 18.3. The van der Waals surface area contributed by atoms with Crippen molar-refractivity contribution < 1.29 is 20.9 Å². The SMILES string of the molecule is CC[SiH](CC)[Zr]([C]1=C(C)C(C)=C(C)C1C)[C]1=C(C)C(C)=C(C)C1C.I.I. The fraction of sp³-hybridized carbons (Fsp3) is 0.636. The van der Waals surface area contributed by atoms with Gasteiger partial charge in [-0.3, -0.25) is 0 Å². The van der Waals surface area contributed by atoms with Gasteiger partial charge in [0.1, 0.15) is 0 Å². The average molecular weight is 677 g/mol. The van der Waals surface area contributed by atoms with Gasteiger partial charge in [0.15, 0.2) is 0 Å². The Balaban J connectivity index is 0.00000312. The van der Waals surface area contributed by atoms with Crippen LogP contribution in [0, 0.1) is 11.8 Å². The average Bonchev–Trinajstić information content (AvgIpc) is 2.87. The maximum absolute atomic E-state index is 2.50. The zero-order valence-corrected chi connectivity index (χ0v) is 26.7. The molecule has 0 aromatic rings. The maximum Gasteiger partial charge on any atom is -0.107 e. The summed E-state index contributed by atoms with van der Waals surface area (Å²) in [7, 11) is 0. The first kappa shape index (κ1) is 27.5. The van der Waals surface area contributed by atoms with Crippen LogP contribution in [0.25, 0.3) is 0 Å². The molecule has 149 valence electrons. The third-order valence-corrected chi connectivity index (χ3v) is 32.6. The van der Waals surface area contributed by atoms with Crippen molar-refractivity contribution in [1.29, 1.82) is 0 Å². The van der Waals surface area contributed by atoms with E-state index in [0.717, 1.165) is 11.8 Å². The molecule has 2 unspecified atom stereocenters. The molecule has 4 heteroatoms. The van der Waals surface area contributed by atoms with E-state index in [2.05, 4.69) is 69.2 Å². The smallest absolute Gasteiger partial charge is 0.107 e. The number of hydrogen-bond donors (Lipinski definition) is 0. The molecule has 2 aliphatic carbocycles. The summed E-state index contributed by atoms with van der Waals surface area (Å²) in [5.41, 5.74) is 9.94. The normalized spacial score (nSPS) is 23.2. The summed E-state index contributed by atoms with van der Waals surface area (Å²) < 4.78 is 3.97. The molecule has 0 spiro atoms. The molecule has 0 amide bonds. The summed E-state index contributed by atoms with van der Waals surface area (Å²) in [6.07, 6.45) is 0. The van der Waals surface area contributed by atoms with E-state index >= 15 is 0 Å². The van der Waals surface area contributed by atoms with Crippen LogP contribution in [0.5, 0.6) is 0 Å². The number of rotatable bonds is 5. The van der Waals surface area contributed by atoms with Crippen molar-refractivity contribution >= 4 is 53.9 Å². The van der Waals surface area contributed by atoms with Crippen molar-refractivity contribution in [3.05, 3.63) is 40.0 Å². The van der Waals surface area contributed by atoms with Gasteiger partial charge in [0, 0.05) is 0 Å². The van der Waals surface area contributed by atoms with E-state index in [4.69, 9.17) is 0 Å². The third kappa shape index (κ3) is 4.64. The number of allylic oxidation sites excluding steroid dienone is 8. The predicted octanol–water partition coefficient (Wildman–Crippen LogP) is 8.12. The molecule has 0 aliphatic heterocycles. The fourth-order valence-electron chi connectivity index (χ4n) is 4.88. The number of hydrogen-bond acceptors (Lipinski definition) is 0. The molecule has 0 fully saturated rings. The molecule has 0 bridgehead atoms. The van der Waals surface area contributed by atoms with Crippen LogP contribution in [0.3, 0.4) is 0 Å². The molecule has 2 rings (SSSR count). The first-order valence-corrected chi connectivity index (χ1v) is 18.8. The minimum Gasteiger partial charge on any atom is -0.107 e. The van der Waals surface area contributed by atoms with Gasteiger partial charge in [0.25, 0.3) is 0 Å². The summed E-state index contributed by atoms with van der Waals surface area (Å²) in [4.78, 5) is 0. The van der Waals surface area contributed by atoms with Gasteiger partial charge in [-0.15, -0.1) is 48.0 Å². The van der Waals surface area contributed by atoms with Gasteiger partial charge >= 0.3 is 160 Å². The van der Waals surface area contributed by atoms with Gasteiger partial charge in [-0.05, 0) is 0 Å². The summed E-state index contributed by atoms with van der Waals surface area (Å²) in [5.74, 6) is 0.798. The monoisotopic (exact) mass is 675 g/mol. The maximum atomic E-state index is 2.50. The second-order valence-electron chi connectivity index (χ2n) is 8.06. The molecular weight excluding hydrogens is 637 g/mol. The van der Waals surface area contributed by atoms with Crippen molar-refractivity contribution in [2.75, 3.05) is 0 Å². The molecule has 0 N–H and O–H groups in total. The van der Waals surface area contributed by atoms with Crippen LogP contribution in [-0.2, 0) is 20.9 Å². The van der Waals surface area contributed by atoms with Crippen molar-refractivity contribution in [3.8, 4) is 0 Å². The minimum absolute atomic E-state index is 0. The summed E-state index contributed by atoms with van der Waals surface area (Å²) in [6.45, 7) is 24.4. The van der Waals surface area contributed by atoms with E-state index in [-0.39, 0.29) is 48.0 Å². The van der Waals surface area contributed by atoms with Crippen LogP contribution in [0.4, 0.5) is 0 Å². The quantitative estimate of drug-likeness (QED) is 0.204. The van der Waals surface area contributed by atoms with Crippen LogP contribution in [0.2, 0.25) is 12.1 Å². The molecule has 2 atom stereocenters. The molecular formula is C22H39I2SiZr. The third-order valence-electron chi connectivity index (χ3n) is 7.26. The van der Waals surface area contributed by atoms with Crippen LogP contribution < -0.4 is 0 Å². The van der Waals surface area contributed by atoms with Gasteiger partial charge in [0.05, 0.1) is 0 Å². The first-order chi connectivity index (χ1) is 11.2. The van der Waals surface area contributed by atoms with Gasteiger partial charge in [0.2, 0.25) is 0 Å². The fourth-order valence-corrected chi connectivity index (χ4v) is 32.2. The van der Waals surface area contributed by atoms with Gasteiger partial charge in [-0.25, -0.2) is 0 Å². The largest absolute Gasteiger partial charge is 0.107 e. The first-order valence-electron chi connectivity index (χ1n) is 9.83. The van der Waals surface area contributed by atoms with Gasteiger partial charge in [-0.2, -0.15) is 0 Å². The molecule has 0 aromatic heterocycles. The molecule has 0 saturated heterocycles. The van der Waals surface area contributed by atoms with Crippen LogP contribution in [0.1, 0.15) is 69.2 Å². The molecule has 26 heavy (non-hydrogen) atoms. The van der Waals surface area contributed by atoms with Crippen molar-refractivity contribution in [2.45, 2.75) is 81.3 Å². The summed E-state index contributed by atoms with van der Waals surface area (Å²) in [6, 6.07) is 2.99. The van der Waals surface area contributed by atoms with E-state index in [1.807, 2.05) is 6.56 Å². The molecule has 2 aliphatic rings. The van der Waals surface area contributed by atoms with Crippen molar-refractivity contribution in [3.63, 3.8) is 0 Å². The van der Waals surface area contributed by atoms with Crippen molar-refractivity contribution in [1.82, 2.24) is 0 Å². The van der Waals surface area contributed by atoms with Gasteiger partial charge in [-0.1, -0.05) is 0 Å². The molecule has 0 saturated carbocycles. The Morgan fingerprint density at radius 3 is 1.15 bits per heavy atom. The Labute approximate surface area is 205 Å². The van der Waals surface area contributed by atoms with E-state index in [1.54, 1.807) is 33.4 Å². The van der Waals surface area contributed by atoms with Crippen molar-refractivity contribution in [2.24, 2.45) is 11.8 Å². The Morgan fingerprint density at radius 1 is 0.654 bits per heavy atom. The topological polar surface area (TPSA) is 0 Å². The summed E-state index contributed by atoms with van der Waals surface area (Å²) in [5, 5.41) is 0. The molecule has 0 nitrogen and oxygen atoms in total. The Morgan fingerprint density at radius 2 is 0.962 bits per heavy atom. The second-order valence-corrected chi connectivity index (χ2v) is 25.2. The van der Waals surface area contributed by atoms with E-state index < -0.39 is 26.8 Å². The Bertz CT molecular complexity index is 614. The van der Waals surface area contributed by atoms with Crippen LogP contribution in [-0.4, -0.2) is 5.92 Å². The standard InChI is InChI=1S/2C9H13.C4H11Si.2HI.Zr/c2*1-6-5-7(2)9(4)8(6)3;1-3-5-4-2;;;/h2*6H,1-4H3;5H,3-4H2,1-2H3;2*1H;. The number of halogens is 2. The second kappa shape index (κ2) is 11.1. The molecule has 0 aromatic carbocycles. The van der Waals surface area contributed by atoms with E-state index in [1.165, 1.54) is 12.1 Å². The molecule has 0 radical (unpaired) electrons. The van der Waals surface area contributed by atoms with Crippen LogP contribution >= 0.6 is 48.0 Å². The Kier molecular flexibility index (Phi) is 11.7. The zero-order valence-electron chi connectivity index (χ0n) is 18.5. The van der Waals surface area contributed by atoms with E-state index in [0.29, 0.717) is 0 Å².